The van der Waals surface area contributed by atoms with Gasteiger partial charge in [0.15, 0.2) is 0 Å². The van der Waals surface area contributed by atoms with Crippen LogP contribution in [0.4, 0.5) is 5.82 Å². The third-order valence-electron chi connectivity index (χ3n) is 3.05. The van der Waals surface area contributed by atoms with Crippen molar-refractivity contribution in [3.8, 4) is 0 Å². The number of hydrogen-bond donors (Lipinski definition) is 1. The zero-order chi connectivity index (χ0) is 14.0. The van der Waals surface area contributed by atoms with Crippen molar-refractivity contribution in [3.05, 3.63) is 18.3 Å². The van der Waals surface area contributed by atoms with Crippen LogP contribution in [0.1, 0.15) is 0 Å². The van der Waals surface area contributed by atoms with E-state index in [0.29, 0.717) is 18.9 Å². The molecule has 8 heteroatoms. The number of anilines is 1. The van der Waals surface area contributed by atoms with Gasteiger partial charge in [-0.15, -0.1) is 0 Å². The first-order valence-corrected chi connectivity index (χ1v) is 7.27. The lowest BCUT2D eigenvalue weighted by Gasteiger charge is -2.31. The van der Waals surface area contributed by atoms with E-state index >= 15 is 0 Å². The van der Waals surface area contributed by atoms with E-state index in [1.807, 2.05) is 0 Å². The Bertz CT molecular complexity index is 570. The van der Waals surface area contributed by atoms with E-state index in [2.05, 4.69) is 10.3 Å². The molecule has 1 aliphatic heterocycles. The SMILES string of the molecule is CNc1ccc(S(=O)(=O)N2CCN(C)C(=O)C2)cn1. The van der Waals surface area contributed by atoms with Crippen molar-refractivity contribution in [2.24, 2.45) is 0 Å². The fourth-order valence-electron chi connectivity index (χ4n) is 1.77. The number of carbonyl (C=O) groups excluding carboxylic acids is 1. The van der Waals surface area contributed by atoms with Crippen LogP contribution in [0.2, 0.25) is 0 Å². The number of nitrogens with zero attached hydrogens (tertiary/aromatic N) is 3. The Morgan fingerprint density at radius 3 is 2.58 bits per heavy atom. The molecule has 19 heavy (non-hydrogen) atoms. The van der Waals surface area contributed by atoms with Gasteiger partial charge in [-0.25, -0.2) is 13.4 Å². The second-order valence-electron chi connectivity index (χ2n) is 4.28. The summed E-state index contributed by atoms with van der Waals surface area (Å²) in [4.78, 5) is 17.2. The van der Waals surface area contributed by atoms with E-state index in [9.17, 15) is 13.2 Å². The smallest absolute Gasteiger partial charge is 0.245 e. The minimum atomic E-state index is -3.65. The molecule has 1 aromatic rings. The van der Waals surface area contributed by atoms with Gasteiger partial charge in [-0.2, -0.15) is 4.31 Å². The van der Waals surface area contributed by atoms with Crippen LogP contribution < -0.4 is 5.32 Å². The van der Waals surface area contributed by atoms with Crippen LogP contribution in [0.5, 0.6) is 0 Å². The first-order valence-electron chi connectivity index (χ1n) is 5.83. The Balaban J connectivity index is 2.24. The summed E-state index contributed by atoms with van der Waals surface area (Å²) >= 11 is 0. The summed E-state index contributed by atoms with van der Waals surface area (Å²) in [5.74, 6) is 0.392. The molecule has 1 N–H and O–H groups in total. The summed E-state index contributed by atoms with van der Waals surface area (Å²) in [6, 6.07) is 3.07. The van der Waals surface area contributed by atoms with Crippen molar-refractivity contribution >= 4 is 21.7 Å². The fourth-order valence-corrected chi connectivity index (χ4v) is 3.10. The first-order chi connectivity index (χ1) is 8.95. The van der Waals surface area contributed by atoms with Crippen molar-refractivity contribution < 1.29 is 13.2 Å². The molecule has 0 saturated carbocycles. The maximum atomic E-state index is 12.3. The molecule has 0 aliphatic carbocycles. The monoisotopic (exact) mass is 284 g/mol. The maximum Gasteiger partial charge on any atom is 0.245 e. The number of nitrogens with one attached hydrogen (secondary N) is 1. The molecule has 1 saturated heterocycles. The van der Waals surface area contributed by atoms with E-state index in [-0.39, 0.29) is 17.3 Å². The molecule has 1 amide bonds. The number of sulfonamides is 1. The van der Waals surface area contributed by atoms with E-state index in [1.54, 1.807) is 20.2 Å². The van der Waals surface area contributed by atoms with Crippen LogP contribution in [-0.2, 0) is 14.8 Å². The van der Waals surface area contributed by atoms with Gasteiger partial charge in [0.05, 0.1) is 6.54 Å². The zero-order valence-corrected chi connectivity index (χ0v) is 11.6. The maximum absolute atomic E-state index is 12.3. The van der Waals surface area contributed by atoms with Crippen molar-refractivity contribution in [2.45, 2.75) is 4.90 Å². The zero-order valence-electron chi connectivity index (χ0n) is 10.8. The summed E-state index contributed by atoms with van der Waals surface area (Å²) in [6.07, 6.45) is 1.30. The van der Waals surface area contributed by atoms with Crippen LogP contribution in [-0.4, -0.2) is 62.2 Å². The Kier molecular flexibility index (Phi) is 3.72. The minimum Gasteiger partial charge on any atom is -0.373 e. The van der Waals surface area contributed by atoms with Crippen molar-refractivity contribution in [3.63, 3.8) is 0 Å². The molecule has 0 atom stereocenters. The summed E-state index contributed by atoms with van der Waals surface area (Å²) in [7, 11) is -0.282. The third-order valence-corrected chi connectivity index (χ3v) is 4.88. The van der Waals surface area contributed by atoms with Gasteiger partial charge in [0.2, 0.25) is 15.9 Å². The summed E-state index contributed by atoms with van der Waals surface area (Å²) in [5.41, 5.74) is 0. The minimum absolute atomic E-state index is 0.101. The molecule has 0 unspecified atom stereocenters. The highest BCUT2D eigenvalue weighted by Crippen LogP contribution is 2.17. The Morgan fingerprint density at radius 2 is 2.05 bits per heavy atom. The second-order valence-corrected chi connectivity index (χ2v) is 6.22. The average molecular weight is 284 g/mol. The van der Waals surface area contributed by atoms with Crippen molar-refractivity contribution in [2.75, 3.05) is 39.0 Å². The largest absolute Gasteiger partial charge is 0.373 e. The molecule has 7 nitrogen and oxygen atoms in total. The molecular formula is C11H16N4O3S. The van der Waals surface area contributed by atoms with Crippen LogP contribution in [0.15, 0.2) is 23.2 Å². The average Bonchev–Trinajstić information content (AvgIpc) is 2.41. The van der Waals surface area contributed by atoms with Gasteiger partial charge in [-0.3, -0.25) is 4.79 Å². The van der Waals surface area contributed by atoms with Crippen LogP contribution in [0.25, 0.3) is 0 Å². The van der Waals surface area contributed by atoms with Crippen LogP contribution in [0, 0.1) is 0 Å². The number of hydrogen-bond acceptors (Lipinski definition) is 5. The molecule has 1 fully saturated rings. The second kappa shape index (κ2) is 5.14. The molecule has 0 aromatic carbocycles. The summed E-state index contributed by atoms with van der Waals surface area (Å²) in [6.45, 7) is 0.588. The Hall–Kier alpha value is -1.67. The number of amides is 1. The van der Waals surface area contributed by atoms with Crippen molar-refractivity contribution in [1.82, 2.24) is 14.2 Å². The van der Waals surface area contributed by atoms with Gasteiger partial charge in [-0.05, 0) is 12.1 Å². The molecule has 104 valence electrons. The van der Waals surface area contributed by atoms with Crippen LogP contribution in [0.3, 0.4) is 0 Å². The highest BCUT2D eigenvalue weighted by Gasteiger charge is 2.31. The van der Waals surface area contributed by atoms with Gasteiger partial charge < -0.3 is 10.2 Å². The number of carbonyl (C=O) groups is 1. The Morgan fingerprint density at radius 1 is 1.32 bits per heavy atom. The molecule has 0 bridgehead atoms. The van der Waals surface area contributed by atoms with Gasteiger partial charge >= 0.3 is 0 Å². The molecule has 0 spiro atoms. The fraction of sp³-hybridized carbons (Fsp3) is 0.455. The van der Waals surface area contributed by atoms with Crippen LogP contribution >= 0.6 is 0 Å². The van der Waals surface area contributed by atoms with Gasteiger partial charge in [0.1, 0.15) is 10.7 Å². The number of likely N-dealkylation sites (N-methyl/N-ethyl adjacent to an activating group) is 1. The topological polar surface area (TPSA) is 82.6 Å². The van der Waals surface area contributed by atoms with Crippen molar-refractivity contribution in [1.29, 1.82) is 0 Å². The lowest BCUT2D eigenvalue weighted by atomic mass is 10.4. The predicted molar refractivity (Wildman–Crippen MR) is 70.2 cm³/mol. The number of piperazine rings is 1. The normalized spacial score (nSPS) is 17.6. The third kappa shape index (κ3) is 2.69. The molecule has 0 radical (unpaired) electrons. The van der Waals surface area contributed by atoms with E-state index in [1.165, 1.54) is 21.5 Å². The first kappa shape index (κ1) is 13.8. The molecular weight excluding hydrogens is 268 g/mol. The molecule has 1 aliphatic rings. The van der Waals surface area contributed by atoms with E-state index in [0.717, 1.165) is 0 Å². The standard InChI is InChI=1S/C11H16N4O3S/c1-12-10-4-3-9(7-13-10)19(17,18)15-6-5-14(2)11(16)8-15/h3-4,7H,5-6,8H2,1-2H3,(H,12,13). The number of rotatable bonds is 3. The van der Waals surface area contributed by atoms with E-state index in [4.69, 9.17) is 0 Å². The highest BCUT2D eigenvalue weighted by atomic mass is 32.2. The van der Waals surface area contributed by atoms with Gasteiger partial charge in [0, 0.05) is 33.4 Å². The summed E-state index contributed by atoms with van der Waals surface area (Å²) < 4.78 is 25.9. The molecule has 1 aromatic heterocycles. The Labute approximate surface area is 112 Å². The number of aromatic nitrogens is 1. The van der Waals surface area contributed by atoms with Gasteiger partial charge in [0.25, 0.3) is 0 Å². The summed E-state index contributed by atoms with van der Waals surface area (Å²) in [5, 5.41) is 2.82. The number of pyridine rings is 1. The van der Waals surface area contributed by atoms with Gasteiger partial charge in [-0.1, -0.05) is 0 Å². The lowest BCUT2D eigenvalue weighted by molar-refractivity contribution is -0.132. The molecule has 2 rings (SSSR count). The lowest BCUT2D eigenvalue weighted by Crippen LogP contribution is -2.50. The highest BCUT2D eigenvalue weighted by molar-refractivity contribution is 7.89. The van der Waals surface area contributed by atoms with E-state index < -0.39 is 10.0 Å². The predicted octanol–water partition coefficient (Wildman–Crippen LogP) is -0.414. The quantitative estimate of drug-likeness (QED) is 0.815. The molecule has 2 heterocycles.